The normalized spacial score (nSPS) is 14.8. The predicted octanol–water partition coefficient (Wildman–Crippen LogP) is 5.00. The number of nitriles is 1. The van der Waals surface area contributed by atoms with Crippen molar-refractivity contribution in [3.05, 3.63) is 77.5 Å². The molecule has 1 aliphatic heterocycles. The molecule has 1 aliphatic rings. The average molecular weight is 567 g/mol. The van der Waals surface area contributed by atoms with Crippen molar-refractivity contribution in [2.45, 2.75) is 24.6 Å². The van der Waals surface area contributed by atoms with Crippen LogP contribution in [0.1, 0.15) is 29.5 Å². The molecule has 1 aromatic heterocycles. The summed E-state index contributed by atoms with van der Waals surface area (Å²) >= 11 is 0. The van der Waals surface area contributed by atoms with Gasteiger partial charge in [-0.1, -0.05) is 18.2 Å². The van der Waals surface area contributed by atoms with E-state index in [4.69, 9.17) is 4.74 Å². The molecule has 8 nitrogen and oxygen atoms in total. The molecule has 41 heavy (non-hydrogen) atoms. The highest BCUT2D eigenvalue weighted by molar-refractivity contribution is 5.75. The first kappa shape index (κ1) is 29.7. The Morgan fingerprint density at radius 3 is 2.49 bits per heavy atom. The maximum absolute atomic E-state index is 13.2. The van der Waals surface area contributed by atoms with E-state index in [0.717, 1.165) is 29.0 Å². The van der Waals surface area contributed by atoms with Crippen LogP contribution in [-0.4, -0.2) is 63.3 Å². The molecule has 0 atom stereocenters. The van der Waals surface area contributed by atoms with Crippen molar-refractivity contribution < 1.29 is 22.7 Å². The van der Waals surface area contributed by atoms with Crippen LogP contribution in [0.2, 0.25) is 0 Å². The zero-order chi connectivity index (χ0) is 29.6. The molecule has 0 bridgehead atoms. The van der Waals surface area contributed by atoms with Gasteiger partial charge in [0.15, 0.2) is 0 Å². The smallest absolute Gasteiger partial charge is 0.416 e. The predicted molar refractivity (Wildman–Crippen MR) is 151 cm³/mol. The molecule has 3 aromatic rings. The number of rotatable bonds is 8. The molecule has 2 amide bonds. The molecular weight excluding hydrogens is 533 g/mol. The number of nitrogens with zero attached hydrogens (tertiary/aromatic N) is 4. The average Bonchev–Trinajstić information content (AvgIpc) is 2.96. The van der Waals surface area contributed by atoms with Gasteiger partial charge in [0.1, 0.15) is 11.8 Å². The largest absolute Gasteiger partial charge is 0.496 e. The molecule has 11 heteroatoms. The fourth-order valence-corrected chi connectivity index (χ4v) is 5.04. The standard InChI is InChI=1S/C30H33F3N6O2/c1-38(2)17-14-35-28(40)37-29(23-8-10-25(36-20-23)24-6-4-5-7-27(24)41-3)12-15-39(16-13-29)26-11-9-22(30(31,32)33)18-21(26)19-34/h4-11,18,20H,12-17H2,1-3H3,(H2,35,37,40). The molecule has 1 saturated heterocycles. The van der Waals surface area contributed by atoms with E-state index < -0.39 is 17.3 Å². The van der Waals surface area contributed by atoms with Crippen LogP contribution >= 0.6 is 0 Å². The van der Waals surface area contributed by atoms with E-state index >= 15 is 0 Å². The number of hydrogen-bond acceptors (Lipinski definition) is 6. The summed E-state index contributed by atoms with van der Waals surface area (Å²) in [6.07, 6.45) is -1.88. The third-order valence-corrected chi connectivity index (χ3v) is 7.30. The van der Waals surface area contributed by atoms with Gasteiger partial charge < -0.3 is 25.2 Å². The third-order valence-electron chi connectivity index (χ3n) is 7.30. The number of halogens is 3. The number of alkyl halides is 3. The van der Waals surface area contributed by atoms with Crippen LogP contribution in [0, 0.1) is 11.3 Å². The van der Waals surface area contributed by atoms with Gasteiger partial charge in [0.05, 0.1) is 35.2 Å². The number of urea groups is 1. The van der Waals surface area contributed by atoms with Gasteiger partial charge in [0.2, 0.25) is 0 Å². The summed E-state index contributed by atoms with van der Waals surface area (Å²) in [5.41, 5.74) is 1.14. The van der Waals surface area contributed by atoms with Gasteiger partial charge in [-0.25, -0.2) is 4.79 Å². The van der Waals surface area contributed by atoms with Crippen LogP contribution < -0.4 is 20.3 Å². The number of ether oxygens (including phenoxy) is 1. The van der Waals surface area contributed by atoms with E-state index in [1.54, 1.807) is 13.3 Å². The highest BCUT2D eigenvalue weighted by Crippen LogP contribution is 2.38. The van der Waals surface area contributed by atoms with Crippen molar-refractivity contribution in [2.75, 3.05) is 52.3 Å². The van der Waals surface area contributed by atoms with Gasteiger partial charge >= 0.3 is 12.2 Å². The highest BCUT2D eigenvalue weighted by atomic mass is 19.4. The number of likely N-dealkylation sites (N-methyl/N-ethyl adjacent to an activating group) is 1. The van der Waals surface area contributed by atoms with E-state index in [2.05, 4.69) is 15.6 Å². The summed E-state index contributed by atoms with van der Waals surface area (Å²) in [6, 6.07) is 16.2. The Balaban J connectivity index is 1.60. The fourth-order valence-electron chi connectivity index (χ4n) is 5.04. The molecule has 0 unspecified atom stereocenters. The Labute approximate surface area is 237 Å². The Morgan fingerprint density at radius 1 is 1.15 bits per heavy atom. The summed E-state index contributed by atoms with van der Waals surface area (Å²) in [5, 5.41) is 15.6. The quantitative estimate of drug-likeness (QED) is 0.399. The van der Waals surface area contributed by atoms with E-state index in [1.165, 1.54) is 6.07 Å². The molecule has 0 aliphatic carbocycles. The summed E-state index contributed by atoms with van der Waals surface area (Å²) < 4.78 is 45.1. The zero-order valence-electron chi connectivity index (χ0n) is 23.3. The number of methoxy groups -OCH3 is 1. The number of nitrogens with one attached hydrogen (secondary N) is 2. The Kier molecular flexibility index (Phi) is 9.03. The summed E-state index contributed by atoms with van der Waals surface area (Å²) in [7, 11) is 5.44. The zero-order valence-corrected chi connectivity index (χ0v) is 23.3. The first-order chi connectivity index (χ1) is 19.6. The minimum absolute atomic E-state index is 0.0375. The second-order valence-corrected chi connectivity index (χ2v) is 10.2. The van der Waals surface area contributed by atoms with Gasteiger partial charge in [-0.3, -0.25) is 4.98 Å². The minimum atomic E-state index is -4.53. The van der Waals surface area contributed by atoms with E-state index in [1.807, 2.05) is 66.4 Å². The second kappa shape index (κ2) is 12.5. The number of benzene rings is 2. The lowest BCUT2D eigenvalue weighted by atomic mass is 9.81. The topological polar surface area (TPSA) is 93.5 Å². The minimum Gasteiger partial charge on any atom is -0.496 e. The number of anilines is 1. The first-order valence-electron chi connectivity index (χ1n) is 13.2. The van der Waals surface area contributed by atoms with Crippen molar-refractivity contribution >= 4 is 11.7 Å². The molecule has 0 saturated carbocycles. The molecule has 2 aromatic carbocycles. The SMILES string of the molecule is COc1ccccc1-c1ccc(C2(NC(=O)NCCN(C)C)CCN(c3ccc(C(F)(F)F)cc3C#N)CC2)cn1. The number of carbonyl (C=O) groups excluding carboxylic acids is 1. The van der Waals surface area contributed by atoms with Crippen molar-refractivity contribution in [3.63, 3.8) is 0 Å². The van der Waals surface area contributed by atoms with Gasteiger partial charge in [0, 0.05) is 37.9 Å². The van der Waals surface area contributed by atoms with Crippen LogP contribution in [0.5, 0.6) is 5.75 Å². The Hall–Kier alpha value is -4.30. The van der Waals surface area contributed by atoms with Crippen LogP contribution in [0.15, 0.2) is 60.8 Å². The number of piperidine rings is 1. The van der Waals surface area contributed by atoms with E-state index in [-0.39, 0.29) is 11.6 Å². The lowest BCUT2D eigenvalue weighted by molar-refractivity contribution is -0.137. The molecular formula is C30H33F3N6O2. The fraction of sp³-hybridized carbons (Fsp3) is 0.367. The molecule has 216 valence electrons. The molecule has 2 N–H and O–H groups in total. The summed E-state index contributed by atoms with van der Waals surface area (Å²) in [4.78, 5) is 21.5. The summed E-state index contributed by atoms with van der Waals surface area (Å²) in [6.45, 7) is 1.95. The number of pyridine rings is 1. The lowest BCUT2D eigenvalue weighted by Crippen LogP contribution is -2.56. The van der Waals surface area contributed by atoms with Crippen LogP contribution in [-0.2, 0) is 11.7 Å². The maximum Gasteiger partial charge on any atom is 0.416 e. The van der Waals surface area contributed by atoms with Crippen LogP contribution in [0.4, 0.5) is 23.7 Å². The van der Waals surface area contributed by atoms with Gasteiger partial charge in [-0.2, -0.15) is 18.4 Å². The number of carbonyl (C=O) groups is 1. The molecule has 0 radical (unpaired) electrons. The Bertz CT molecular complexity index is 1390. The molecule has 0 spiro atoms. The monoisotopic (exact) mass is 566 g/mol. The summed E-state index contributed by atoms with van der Waals surface area (Å²) in [5.74, 6) is 0.694. The van der Waals surface area contributed by atoms with Crippen molar-refractivity contribution in [1.82, 2.24) is 20.5 Å². The van der Waals surface area contributed by atoms with Crippen molar-refractivity contribution in [3.8, 4) is 23.1 Å². The Morgan fingerprint density at radius 2 is 1.88 bits per heavy atom. The van der Waals surface area contributed by atoms with Crippen LogP contribution in [0.3, 0.4) is 0 Å². The second-order valence-electron chi connectivity index (χ2n) is 10.2. The molecule has 2 heterocycles. The molecule has 4 rings (SSSR count). The van der Waals surface area contributed by atoms with Crippen molar-refractivity contribution in [1.29, 1.82) is 5.26 Å². The molecule has 1 fully saturated rings. The number of para-hydroxylation sites is 1. The number of hydrogen-bond donors (Lipinski definition) is 2. The number of aromatic nitrogens is 1. The maximum atomic E-state index is 13.2. The van der Waals surface area contributed by atoms with Crippen molar-refractivity contribution in [2.24, 2.45) is 0 Å². The lowest BCUT2D eigenvalue weighted by Gasteiger charge is -2.43. The van der Waals surface area contributed by atoms with E-state index in [0.29, 0.717) is 50.5 Å². The van der Waals surface area contributed by atoms with Gasteiger partial charge in [0.25, 0.3) is 0 Å². The van der Waals surface area contributed by atoms with Gasteiger partial charge in [-0.15, -0.1) is 0 Å². The number of amides is 2. The first-order valence-corrected chi connectivity index (χ1v) is 13.2. The van der Waals surface area contributed by atoms with E-state index in [9.17, 15) is 23.2 Å². The third kappa shape index (κ3) is 6.89. The van der Waals surface area contributed by atoms with Crippen LogP contribution in [0.25, 0.3) is 11.3 Å². The highest BCUT2D eigenvalue weighted by Gasteiger charge is 2.39. The van der Waals surface area contributed by atoms with Gasteiger partial charge in [-0.05, 0) is 68.9 Å².